The summed E-state index contributed by atoms with van der Waals surface area (Å²) in [5.74, 6) is 0.612. The number of nitrogens with zero attached hydrogens (tertiary/aromatic N) is 2. The van der Waals surface area contributed by atoms with Crippen molar-refractivity contribution in [2.45, 2.75) is 32.7 Å². The minimum absolute atomic E-state index is 0.126. The third-order valence-electron chi connectivity index (χ3n) is 3.29. The fourth-order valence-corrected chi connectivity index (χ4v) is 2.57. The molecule has 0 radical (unpaired) electrons. The van der Waals surface area contributed by atoms with Crippen LogP contribution < -0.4 is 5.32 Å². The van der Waals surface area contributed by atoms with E-state index in [2.05, 4.69) is 10.4 Å². The first-order valence-corrected chi connectivity index (χ1v) is 6.55. The number of nitrogens with one attached hydrogen (secondary N) is 1. The lowest BCUT2D eigenvalue weighted by atomic mass is 9.92. The molecule has 0 amide bonds. The molecule has 0 aromatic carbocycles. The molecule has 1 saturated heterocycles. The maximum Gasteiger partial charge on any atom is 0.182 e. The zero-order valence-corrected chi connectivity index (χ0v) is 10.8. The standard InChI is InChI=1S/C12H18ClN3O/c1-2-16-12(10(13)8-15-16)11(17)7-9-3-5-14-6-4-9/h8-9,14H,2-7H2,1H3. The number of ketones is 1. The molecule has 17 heavy (non-hydrogen) atoms. The van der Waals surface area contributed by atoms with Crippen molar-refractivity contribution in [1.82, 2.24) is 15.1 Å². The Balaban J connectivity index is 2.05. The van der Waals surface area contributed by atoms with Gasteiger partial charge in [-0.2, -0.15) is 5.10 Å². The smallest absolute Gasteiger partial charge is 0.182 e. The molecule has 4 nitrogen and oxygen atoms in total. The van der Waals surface area contributed by atoms with Gasteiger partial charge in [-0.15, -0.1) is 0 Å². The molecule has 0 spiro atoms. The van der Waals surface area contributed by atoms with Crippen molar-refractivity contribution in [1.29, 1.82) is 0 Å². The highest BCUT2D eigenvalue weighted by Crippen LogP contribution is 2.22. The van der Waals surface area contributed by atoms with Gasteiger partial charge in [0.1, 0.15) is 5.69 Å². The second-order valence-corrected chi connectivity index (χ2v) is 4.88. The van der Waals surface area contributed by atoms with E-state index in [0.717, 1.165) is 25.9 Å². The second-order valence-electron chi connectivity index (χ2n) is 4.48. The third-order valence-corrected chi connectivity index (χ3v) is 3.57. The highest BCUT2D eigenvalue weighted by molar-refractivity contribution is 6.33. The molecule has 0 bridgehead atoms. The van der Waals surface area contributed by atoms with Crippen molar-refractivity contribution >= 4 is 17.4 Å². The van der Waals surface area contributed by atoms with E-state index in [0.29, 0.717) is 29.6 Å². The molecule has 0 saturated carbocycles. The first kappa shape index (κ1) is 12.6. The minimum Gasteiger partial charge on any atom is -0.317 e. The Morgan fingerprint density at radius 3 is 2.94 bits per heavy atom. The Kier molecular flexibility index (Phi) is 4.18. The Hall–Kier alpha value is -0.870. The summed E-state index contributed by atoms with van der Waals surface area (Å²) in [4.78, 5) is 12.2. The van der Waals surface area contributed by atoms with Gasteiger partial charge in [0.25, 0.3) is 0 Å². The average molecular weight is 256 g/mol. The van der Waals surface area contributed by atoms with Gasteiger partial charge in [0.2, 0.25) is 0 Å². The summed E-state index contributed by atoms with van der Waals surface area (Å²) in [6, 6.07) is 0. The van der Waals surface area contributed by atoms with Gasteiger partial charge in [-0.05, 0) is 38.8 Å². The van der Waals surface area contributed by atoms with E-state index in [4.69, 9.17) is 11.6 Å². The number of aryl methyl sites for hydroxylation is 1. The highest BCUT2D eigenvalue weighted by atomic mass is 35.5. The van der Waals surface area contributed by atoms with E-state index < -0.39 is 0 Å². The van der Waals surface area contributed by atoms with Gasteiger partial charge in [-0.25, -0.2) is 0 Å². The number of carbonyl (C=O) groups excluding carboxylic acids is 1. The molecular weight excluding hydrogens is 238 g/mol. The van der Waals surface area contributed by atoms with E-state index in [1.54, 1.807) is 10.9 Å². The topological polar surface area (TPSA) is 46.9 Å². The zero-order valence-electron chi connectivity index (χ0n) is 10.1. The number of carbonyl (C=O) groups is 1. The summed E-state index contributed by atoms with van der Waals surface area (Å²) in [5.41, 5.74) is 0.577. The van der Waals surface area contributed by atoms with E-state index in [1.165, 1.54) is 0 Å². The molecule has 2 rings (SSSR count). The van der Waals surface area contributed by atoms with Crippen molar-refractivity contribution in [3.63, 3.8) is 0 Å². The summed E-state index contributed by atoms with van der Waals surface area (Å²) in [6.45, 7) is 4.67. The van der Waals surface area contributed by atoms with Gasteiger partial charge in [0.15, 0.2) is 5.78 Å². The molecule has 0 unspecified atom stereocenters. The van der Waals surface area contributed by atoms with Crippen LogP contribution in [-0.2, 0) is 6.54 Å². The van der Waals surface area contributed by atoms with E-state index >= 15 is 0 Å². The molecule has 1 aliphatic rings. The SMILES string of the molecule is CCn1ncc(Cl)c1C(=O)CC1CCNCC1. The summed E-state index contributed by atoms with van der Waals surface area (Å²) in [7, 11) is 0. The number of rotatable bonds is 4. The maximum atomic E-state index is 12.2. The van der Waals surface area contributed by atoms with Crippen molar-refractivity contribution in [3.05, 3.63) is 16.9 Å². The van der Waals surface area contributed by atoms with Crippen LogP contribution >= 0.6 is 11.6 Å². The largest absolute Gasteiger partial charge is 0.317 e. The van der Waals surface area contributed by atoms with Crippen molar-refractivity contribution in [2.24, 2.45) is 5.92 Å². The summed E-state index contributed by atoms with van der Waals surface area (Å²) >= 11 is 6.02. The van der Waals surface area contributed by atoms with Crippen molar-refractivity contribution in [3.8, 4) is 0 Å². The number of halogens is 1. The fourth-order valence-electron chi connectivity index (χ4n) is 2.32. The number of piperidine rings is 1. The molecule has 1 aromatic heterocycles. The fraction of sp³-hybridized carbons (Fsp3) is 0.667. The van der Waals surface area contributed by atoms with Crippen LogP contribution in [0.1, 0.15) is 36.7 Å². The van der Waals surface area contributed by atoms with Gasteiger partial charge in [0.05, 0.1) is 11.2 Å². The van der Waals surface area contributed by atoms with Crippen LogP contribution in [0.3, 0.4) is 0 Å². The Morgan fingerprint density at radius 2 is 2.29 bits per heavy atom. The molecule has 94 valence electrons. The summed E-state index contributed by atoms with van der Waals surface area (Å²) in [5, 5.41) is 7.88. The van der Waals surface area contributed by atoms with Crippen LogP contribution in [0.4, 0.5) is 0 Å². The molecule has 5 heteroatoms. The maximum absolute atomic E-state index is 12.2. The lowest BCUT2D eigenvalue weighted by Gasteiger charge is -2.21. The molecule has 1 aromatic rings. The molecule has 2 heterocycles. The van der Waals surface area contributed by atoms with Crippen LogP contribution in [0, 0.1) is 5.92 Å². The number of aromatic nitrogens is 2. The van der Waals surface area contributed by atoms with Gasteiger partial charge < -0.3 is 5.32 Å². The summed E-state index contributed by atoms with van der Waals surface area (Å²) < 4.78 is 1.69. The van der Waals surface area contributed by atoms with Gasteiger partial charge in [-0.3, -0.25) is 9.48 Å². The third kappa shape index (κ3) is 2.87. The van der Waals surface area contributed by atoms with Crippen molar-refractivity contribution < 1.29 is 4.79 Å². The lowest BCUT2D eigenvalue weighted by Crippen LogP contribution is -2.29. The molecule has 1 N–H and O–H groups in total. The first-order chi connectivity index (χ1) is 8.22. The predicted molar refractivity (Wildman–Crippen MR) is 67.5 cm³/mol. The molecule has 0 atom stereocenters. The van der Waals surface area contributed by atoms with Crippen LogP contribution in [0.15, 0.2) is 6.20 Å². The Bertz CT molecular complexity index is 396. The molecule has 1 fully saturated rings. The quantitative estimate of drug-likeness (QED) is 0.839. The Labute approximate surface area is 106 Å². The number of Topliss-reactive ketones (excluding diaryl/α,β-unsaturated/α-hetero) is 1. The van der Waals surface area contributed by atoms with Crippen LogP contribution in [0.2, 0.25) is 5.02 Å². The molecular formula is C12H18ClN3O. The van der Waals surface area contributed by atoms with Gasteiger partial charge in [0, 0.05) is 13.0 Å². The van der Waals surface area contributed by atoms with Gasteiger partial charge >= 0.3 is 0 Å². The first-order valence-electron chi connectivity index (χ1n) is 6.17. The average Bonchev–Trinajstić information content (AvgIpc) is 2.71. The molecule has 0 aliphatic carbocycles. The van der Waals surface area contributed by atoms with Gasteiger partial charge in [-0.1, -0.05) is 11.6 Å². The van der Waals surface area contributed by atoms with Crippen LogP contribution in [0.5, 0.6) is 0 Å². The van der Waals surface area contributed by atoms with E-state index in [9.17, 15) is 4.79 Å². The molecule has 1 aliphatic heterocycles. The zero-order chi connectivity index (χ0) is 12.3. The normalized spacial score (nSPS) is 17.3. The lowest BCUT2D eigenvalue weighted by molar-refractivity contribution is 0.0942. The predicted octanol–water partition coefficient (Wildman–Crippen LogP) is 2.13. The second kappa shape index (κ2) is 5.65. The summed E-state index contributed by atoms with van der Waals surface area (Å²) in [6.07, 6.45) is 4.29. The highest BCUT2D eigenvalue weighted by Gasteiger charge is 2.22. The Morgan fingerprint density at radius 1 is 1.59 bits per heavy atom. The van der Waals surface area contributed by atoms with E-state index in [1.807, 2.05) is 6.92 Å². The van der Waals surface area contributed by atoms with Crippen LogP contribution in [0.25, 0.3) is 0 Å². The van der Waals surface area contributed by atoms with Crippen LogP contribution in [-0.4, -0.2) is 28.7 Å². The minimum atomic E-state index is 0.126. The van der Waals surface area contributed by atoms with E-state index in [-0.39, 0.29) is 5.78 Å². The monoisotopic (exact) mass is 255 g/mol. The van der Waals surface area contributed by atoms with Crippen molar-refractivity contribution in [2.75, 3.05) is 13.1 Å². The number of hydrogen-bond acceptors (Lipinski definition) is 3. The number of hydrogen-bond donors (Lipinski definition) is 1.